The summed E-state index contributed by atoms with van der Waals surface area (Å²) < 4.78 is 2.90. The van der Waals surface area contributed by atoms with Crippen molar-refractivity contribution >= 4 is 28.9 Å². The third-order valence-electron chi connectivity index (χ3n) is 4.20. The molecule has 0 atom stereocenters. The van der Waals surface area contributed by atoms with E-state index in [0.29, 0.717) is 0 Å². The second-order valence-corrected chi connectivity index (χ2v) is 5.67. The van der Waals surface area contributed by atoms with E-state index in [1.807, 2.05) is 28.7 Å². The number of rotatable bonds is 0. The first-order valence-electron chi connectivity index (χ1n) is 6.88. The van der Waals surface area contributed by atoms with Crippen molar-refractivity contribution in [1.29, 1.82) is 5.26 Å². The zero-order valence-corrected chi connectivity index (χ0v) is 11.8. The maximum absolute atomic E-state index is 9.59. The second kappa shape index (κ2) is 4.19. The molecule has 0 radical (unpaired) electrons. The lowest BCUT2D eigenvalue weighted by Gasteiger charge is -2.18. The fraction of sp³-hybridized carbons (Fsp3) is 0.250. The van der Waals surface area contributed by atoms with Gasteiger partial charge < -0.3 is 4.98 Å². The average Bonchev–Trinajstić information content (AvgIpc) is 2.87. The third-order valence-corrected chi connectivity index (χ3v) is 4.63. The van der Waals surface area contributed by atoms with Gasteiger partial charge in [0.25, 0.3) is 0 Å². The predicted octanol–water partition coefficient (Wildman–Crippen LogP) is 3.90. The molecule has 1 N–H and O–H groups in total. The van der Waals surface area contributed by atoms with E-state index in [1.165, 1.54) is 5.56 Å². The number of imidazole rings is 1. The minimum atomic E-state index is 0.768. The van der Waals surface area contributed by atoms with Crippen LogP contribution in [0.4, 0.5) is 0 Å². The first-order chi connectivity index (χ1) is 9.81. The summed E-state index contributed by atoms with van der Waals surface area (Å²) in [7, 11) is 0. The Kier molecular flexibility index (Phi) is 2.45. The molecule has 0 amide bonds. The molecule has 3 nitrogen and oxygen atoms in total. The summed E-state index contributed by atoms with van der Waals surface area (Å²) >= 11 is 5.70. The monoisotopic (exact) mass is 279 g/mol. The third kappa shape index (κ3) is 1.41. The van der Waals surface area contributed by atoms with Gasteiger partial charge in [0.2, 0.25) is 0 Å². The fourth-order valence-corrected chi connectivity index (χ4v) is 3.69. The summed E-state index contributed by atoms with van der Waals surface area (Å²) in [5.41, 5.74) is 6.05. The van der Waals surface area contributed by atoms with Crippen LogP contribution in [-0.2, 0) is 12.8 Å². The van der Waals surface area contributed by atoms with Gasteiger partial charge in [-0.2, -0.15) is 5.26 Å². The van der Waals surface area contributed by atoms with Gasteiger partial charge in [-0.3, -0.25) is 4.40 Å². The van der Waals surface area contributed by atoms with Crippen molar-refractivity contribution in [2.24, 2.45) is 0 Å². The molecule has 1 aromatic carbocycles. The molecule has 3 aromatic rings. The Morgan fingerprint density at radius 3 is 2.70 bits per heavy atom. The number of nitrogens with zero attached hydrogens (tertiary/aromatic N) is 2. The Hall–Kier alpha value is -2.12. The molecule has 0 unspecified atom stereocenters. The van der Waals surface area contributed by atoms with E-state index in [1.54, 1.807) is 0 Å². The summed E-state index contributed by atoms with van der Waals surface area (Å²) in [6, 6.07) is 10.5. The number of para-hydroxylation sites is 2. The van der Waals surface area contributed by atoms with Crippen molar-refractivity contribution < 1.29 is 0 Å². The molecular weight excluding hydrogens is 266 g/mol. The maximum Gasteiger partial charge on any atom is 0.134 e. The van der Waals surface area contributed by atoms with Gasteiger partial charge >= 0.3 is 0 Å². The van der Waals surface area contributed by atoms with E-state index >= 15 is 0 Å². The van der Waals surface area contributed by atoms with Crippen LogP contribution in [-0.4, -0.2) is 9.38 Å². The molecule has 4 heteroatoms. The van der Waals surface area contributed by atoms with E-state index in [0.717, 1.165) is 58.1 Å². The standard InChI is InChI=1S/C16H13N3S/c17-9-12-10-5-1-2-6-11(10)16(20)19-14-8-4-3-7-13(14)18-15(12)19/h3-4,7-8,18H,1-2,5-6H2. The van der Waals surface area contributed by atoms with Crippen LogP contribution in [0.3, 0.4) is 0 Å². The molecule has 1 aliphatic carbocycles. The summed E-state index contributed by atoms with van der Waals surface area (Å²) in [5, 5.41) is 9.59. The first kappa shape index (κ1) is 11.7. The lowest BCUT2D eigenvalue weighted by Crippen LogP contribution is -2.09. The highest BCUT2D eigenvalue weighted by Crippen LogP contribution is 2.30. The highest BCUT2D eigenvalue weighted by molar-refractivity contribution is 7.71. The van der Waals surface area contributed by atoms with Crippen molar-refractivity contribution in [1.82, 2.24) is 9.38 Å². The highest BCUT2D eigenvalue weighted by Gasteiger charge is 2.20. The number of hydrogen-bond acceptors (Lipinski definition) is 2. The van der Waals surface area contributed by atoms with Gasteiger partial charge in [-0.25, -0.2) is 0 Å². The zero-order chi connectivity index (χ0) is 13.7. The largest absolute Gasteiger partial charge is 0.338 e. The van der Waals surface area contributed by atoms with Crippen LogP contribution < -0.4 is 0 Å². The molecule has 0 aliphatic heterocycles. The SMILES string of the molecule is N#Cc1c2c(c(=S)n3c1[nH]c1ccccc13)CCCC2. The van der Waals surface area contributed by atoms with Gasteiger partial charge in [0.05, 0.1) is 16.6 Å². The van der Waals surface area contributed by atoms with Crippen molar-refractivity contribution in [3.05, 3.63) is 45.6 Å². The topological polar surface area (TPSA) is 44.0 Å². The van der Waals surface area contributed by atoms with Gasteiger partial charge in [0, 0.05) is 0 Å². The molecule has 0 spiro atoms. The molecule has 0 bridgehead atoms. The molecule has 98 valence electrons. The molecular formula is C16H13N3S. The van der Waals surface area contributed by atoms with Gasteiger partial charge in [-0.05, 0) is 48.9 Å². The highest BCUT2D eigenvalue weighted by atomic mass is 32.1. The van der Waals surface area contributed by atoms with Gasteiger partial charge in [0.15, 0.2) is 0 Å². The number of aromatic nitrogens is 2. The number of aromatic amines is 1. The lowest BCUT2D eigenvalue weighted by atomic mass is 9.90. The zero-order valence-electron chi connectivity index (χ0n) is 10.9. The van der Waals surface area contributed by atoms with E-state index in [9.17, 15) is 5.26 Å². The molecule has 2 heterocycles. The second-order valence-electron chi connectivity index (χ2n) is 5.28. The minimum absolute atomic E-state index is 0.768. The van der Waals surface area contributed by atoms with Crippen LogP contribution in [0.1, 0.15) is 29.5 Å². The predicted molar refractivity (Wildman–Crippen MR) is 81.4 cm³/mol. The summed E-state index contributed by atoms with van der Waals surface area (Å²) in [5.74, 6) is 0. The summed E-state index contributed by atoms with van der Waals surface area (Å²) in [6.45, 7) is 0. The number of fused-ring (bicyclic) bond motifs is 4. The Morgan fingerprint density at radius 1 is 1.15 bits per heavy atom. The Balaban J connectivity index is 2.30. The number of H-pyrrole nitrogens is 1. The molecule has 1 aliphatic rings. The first-order valence-corrected chi connectivity index (χ1v) is 7.29. The fourth-order valence-electron chi connectivity index (χ4n) is 3.28. The molecule has 2 aromatic heterocycles. The summed E-state index contributed by atoms with van der Waals surface area (Å²) in [4.78, 5) is 3.36. The summed E-state index contributed by atoms with van der Waals surface area (Å²) in [6.07, 6.45) is 4.27. The smallest absolute Gasteiger partial charge is 0.134 e. The number of benzene rings is 1. The van der Waals surface area contributed by atoms with Gasteiger partial charge in [0.1, 0.15) is 16.4 Å². The van der Waals surface area contributed by atoms with E-state index in [2.05, 4.69) is 11.1 Å². The van der Waals surface area contributed by atoms with E-state index in [-0.39, 0.29) is 0 Å². The molecule has 0 saturated heterocycles. The van der Waals surface area contributed by atoms with Crippen LogP contribution in [0.2, 0.25) is 0 Å². The van der Waals surface area contributed by atoms with Crippen molar-refractivity contribution in [3.8, 4) is 6.07 Å². The molecule has 20 heavy (non-hydrogen) atoms. The molecule has 0 fully saturated rings. The van der Waals surface area contributed by atoms with Crippen molar-refractivity contribution in [2.75, 3.05) is 0 Å². The normalized spacial score (nSPS) is 14.3. The Morgan fingerprint density at radius 2 is 1.90 bits per heavy atom. The van der Waals surface area contributed by atoms with Crippen molar-refractivity contribution in [2.45, 2.75) is 25.7 Å². The van der Waals surface area contributed by atoms with E-state index < -0.39 is 0 Å². The lowest BCUT2D eigenvalue weighted by molar-refractivity contribution is 0.678. The van der Waals surface area contributed by atoms with Crippen LogP contribution in [0.15, 0.2) is 24.3 Å². The minimum Gasteiger partial charge on any atom is -0.338 e. The quantitative estimate of drug-likeness (QED) is 0.634. The number of pyridine rings is 1. The number of nitrogens with one attached hydrogen (secondary N) is 1. The molecule has 0 saturated carbocycles. The van der Waals surface area contributed by atoms with Crippen LogP contribution in [0.25, 0.3) is 16.7 Å². The van der Waals surface area contributed by atoms with Crippen LogP contribution in [0, 0.1) is 16.0 Å². The Bertz CT molecular complexity index is 940. The van der Waals surface area contributed by atoms with Crippen LogP contribution in [0.5, 0.6) is 0 Å². The van der Waals surface area contributed by atoms with Gasteiger partial charge in [-0.15, -0.1) is 0 Å². The number of hydrogen-bond donors (Lipinski definition) is 1. The van der Waals surface area contributed by atoms with Crippen molar-refractivity contribution in [3.63, 3.8) is 0 Å². The average molecular weight is 279 g/mol. The van der Waals surface area contributed by atoms with E-state index in [4.69, 9.17) is 12.2 Å². The number of nitriles is 1. The van der Waals surface area contributed by atoms with Gasteiger partial charge in [-0.1, -0.05) is 24.4 Å². The molecule has 4 rings (SSSR count). The van der Waals surface area contributed by atoms with Crippen LogP contribution >= 0.6 is 12.2 Å². The maximum atomic E-state index is 9.59. The Labute approximate surface area is 121 Å².